The molecule has 2 aromatic rings. The van der Waals surface area contributed by atoms with Crippen molar-refractivity contribution in [3.05, 3.63) is 64.7 Å². The van der Waals surface area contributed by atoms with Gasteiger partial charge in [-0.2, -0.15) is 0 Å². The highest BCUT2D eigenvalue weighted by Gasteiger charge is 2.03. The van der Waals surface area contributed by atoms with Gasteiger partial charge in [-0.25, -0.2) is 0 Å². The van der Waals surface area contributed by atoms with E-state index < -0.39 is 0 Å². The molecule has 0 aliphatic carbocycles. The Labute approximate surface area is 139 Å². The molecule has 116 valence electrons. The van der Waals surface area contributed by atoms with Gasteiger partial charge in [0.25, 0.3) is 0 Å². The van der Waals surface area contributed by atoms with Gasteiger partial charge in [0.05, 0.1) is 0 Å². The van der Waals surface area contributed by atoms with Gasteiger partial charge in [-0.15, -0.1) is 0 Å². The van der Waals surface area contributed by atoms with Crippen LogP contribution in [-0.2, 0) is 17.4 Å². The molecule has 1 N–H and O–H groups in total. The van der Waals surface area contributed by atoms with Crippen molar-refractivity contribution in [1.82, 2.24) is 5.32 Å². The van der Waals surface area contributed by atoms with Gasteiger partial charge in [0.2, 0.25) is 0 Å². The first kappa shape index (κ1) is 17.1. The van der Waals surface area contributed by atoms with E-state index in [-0.39, 0.29) is 8.46 Å². The molecule has 0 saturated heterocycles. The van der Waals surface area contributed by atoms with Crippen LogP contribution in [0, 0.1) is 0 Å². The fourth-order valence-electron chi connectivity index (χ4n) is 2.41. The second kappa shape index (κ2) is 9.05. The van der Waals surface area contributed by atoms with Gasteiger partial charge >= 0.3 is 0 Å². The van der Waals surface area contributed by atoms with Crippen LogP contribution >= 0.6 is 20.1 Å². The van der Waals surface area contributed by atoms with Crippen LogP contribution in [0.2, 0.25) is 5.02 Å². The van der Waals surface area contributed by atoms with Gasteiger partial charge in [0.1, 0.15) is 0 Å². The molecule has 4 heteroatoms. The zero-order valence-corrected chi connectivity index (χ0v) is 14.4. The van der Waals surface area contributed by atoms with E-state index in [9.17, 15) is 4.57 Å². The second-order valence-electron chi connectivity index (χ2n) is 5.55. The monoisotopic (exact) mass is 333 g/mol. The number of nitrogens with one attached hydrogen (secondary N) is 1. The quantitative estimate of drug-likeness (QED) is 0.572. The molecule has 0 aromatic heterocycles. The predicted octanol–water partition coefficient (Wildman–Crippen LogP) is 4.41. The standard InChI is InChI=1S/C18H21ClNOP/c1-14(13-16-6-10-18(22-21)11-7-16)20-12-2-3-15-4-8-17(19)9-5-15/h4-11,14,20H,2-3,12-13H2,1H3. The summed E-state index contributed by atoms with van der Waals surface area (Å²) in [6, 6.07) is 16.4. The minimum Gasteiger partial charge on any atom is -0.314 e. The van der Waals surface area contributed by atoms with Crippen LogP contribution in [0.5, 0.6) is 0 Å². The SMILES string of the molecule is CC(Cc1ccc(P=O)cc1)NCCCc1ccc(Cl)cc1. The Hall–Kier alpha value is -1.21. The van der Waals surface area contributed by atoms with Crippen LogP contribution in [-0.4, -0.2) is 12.6 Å². The maximum atomic E-state index is 10.7. The molecule has 1 unspecified atom stereocenters. The molecule has 2 rings (SSSR count). The molecule has 0 fully saturated rings. The van der Waals surface area contributed by atoms with Gasteiger partial charge in [0, 0.05) is 16.4 Å². The fourth-order valence-corrected chi connectivity index (χ4v) is 2.81. The number of benzene rings is 2. The van der Waals surface area contributed by atoms with Gasteiger partial charge in [0.15, 0.2) is 8.46 Å². The first-order valence-electron chi connectivity index (χ1n) is 7.57. The maximum Gasteiger partial charge on any atom is 0.192 e. The molecular weight excluding hydrogens is 313 g/mol. The number of rotatable bonds is 8. The molecular formula is C18H21ClNOP. The highest BCUT2D eigenvalue weighted by molar-refractivity contribution is 7.34. The molecule has 0 saturated carbocycles. The van der Waals surface area contributed by atoms with Crippen LogP contribution < -0.4 is 10.6 Å². The lowest BCUT2D eigenvalue weighted by molar-refractivity contribution is 0.534. The summed E-state index contributed by atoms with van der Waals surface area (Å²) in [5.74, 6) is 0. The van der Waals surface area contributed by atoms with Crippen molar-refractivity contribution in [2.24, 2.45) is 0 Å². The van der Waals surface area contributed by atoms with Gasteiger partial charge in [-0.05, 0) is 68.1 Å². The minimum absolute atomic E-state index is 0.0860. The number of halogens is 1. The van der Waals surface area contributed by atoms with Crippen LogP contribution in [0.3, 0.4) is 0 Å². The van der Waals surface area contributed by atoms with E-state index in [1.807, 2.05) is 36.4 Å². The van der Waals surface area contributed by atoms with Crippen molar-refractivity contribution < 1.29 is 4.57 Å². The van der Waals surface area contributed by atoms with E-state index in [0.29, 0.717) is 6.04 Å². The minimum atomic E-state index is 0.0860. The summed E-state index contributed by atoms with van der Waals surface area (Å²) in [7, 11) is 0.0860. The predicted molar refractivity (Wildman–Crippen MR) is 94.6 cm³/mol. The molecule has 0 aliphatic rings. The number of hydrogen-bond donors (Lipinski definition) is 1. The van der Waals surface area contributed by atoms with E-state index in [4.69, 9.17) is 11.6 Å². The molecule has 0 radical (unpaired) electrons. The third-order valence-corrected chi connectivity index (χ3v) is 4.39. The Morgan fingerprint density at radius 3 is 2.32 bits per heavy atom. The van der Waals surface area contributed by atoms with Crippen molar-refractivity contribution in [1.29, 1.82) is 0 Å². The molecule has 0 heterocycles. The Bertz CT molecular complexity index is 583. The second-order valence-corrected chi connectivity index (χ2v) is 6.68. The molecule has 0 spiro atoms. The lowest BCUT2D eigenvalue weighted by atomic mass is 10.1. The summed E-state index contributed by atoms with van der Waals surface area (Å²) in [5.41, 5.74) is 2.59. The van der Waals surface area contributed by atoms with E-state index in [0.717, 1.165) is 36.1 Å². The van der Waals surface area contributed by atoms with Crippen molar-refractivity contribution in [2.75, 3.05) is 6.54 Å². The Morgan fingerprint density at radius 2 is 1.68 bits per heavy atom. The molecule has 0 bridgehead atoms. The van der Waals surface area contributed by atoms with Crippen LogP contribution in [0.15, 0.2) is 48.5 Å². The lowest BCUT2D eigenvalue weighted by Crippen LogP contribution is -2.29. The van der Waals surface area contributed by atoms with Gasteiger partial charge in [-0.1, -0.05) is 35.9 Å². The van der Waals surface area contributed by atoms with Gasteiger partial charge < -0.3 is 5.32 Å². The fraction of sp³-hybridized carbons (Fsp3) is 0.333. The normalized spacial score (nSPS) is 12.5. The largest absolute Gasteiger partial charge is 0.314 e. The maximum absolute atomic E-state index is 10.7. The highest BCUT2D eigenvalue weighted by Crippen LogP contribution is 2.11. The first-order valence-corrected chi connectivity index (χ1v) is 8.76. The van der Waals surface area contributed by atoms with Crippen molar-refractivity contribution in [2.45, 2.75) is 32.2 Å². The van der Waals surface area contributed by atoms with Crippen molar-refractivity contribution >= 4 is 25.4 Å². The summed E-state index contributed by atoms with van der Waals surface area (Å²) in [6.45, 7) is 3.20. The Morgan fingerprint density at radius 1 is 1.05 bits per heavy atom. The van der Waals surface area contributed by atoms with E-state index >= 15 is 0 Å². The molecule has 2 nitrogen and oxygen atoms in total. The molecule has 0 amide bonds. The average Bonchev–Trinajstić information content (AvgIpc) is 2.54. The van der Waals surface area contributed by atoms with Crippen molar-refractivity contribution in [3.8, 4) is 0 Å². The van der Waals surface area contributed by atoms with E-state index in [1.54, 1.807) is 0 Å². The summed E-state index contributed by atoms with van der Waals surface area (Å²) < 4.78 is 10.7. The Kier molecular flexibility index (Phi) is 7.05. The molecule has 0 aliphatic heterocycles. The third kappa shape index (κ3) is 5.88. The summed E-state index contributed by atoms with van der Waals surface area (Å²) >= 11 is 5.88. The number of hydrogen-bond acceptors (Lipinski definition) is 2. The first-order chi connectivity index (χ1) is 10.7. The summed E-state index contributed by atoms with van der Waals surface area (Å²) in [4.78, 5) is 0. The highest BCUT2D eigenvalue weighted by atomic mass is 35.5. The smallest absolute Gasteiger partial charge is 0.192 e. The molecule has 1 atom stereocenters. The van der Waals surface area contributed by atoms with Crippen LogP contribution in [0.1, 0.15) is 24.5 Å². The van der Waals surface area contributed by atoms with E-state index in [1.165, 1.54) is 11.1 Å². The zero-order valence-electron chi connectivity index (χ0n) is 12.8. The van der Waals surface area contributed by atoms with Crippen LogP contribution in [0.4, 0.5) is 0 Å². The zero-order chi connectivity index (χ0) is 15.8. The summed E-state index contributed by atoms with van der Waals surface area (Å²) in [5, 5.41) is 5.17. The third-order valence-electron chi connectivity index (χ3n) is 3.63. The van der Waals surface area contributed by atoms with Crippen molar-refractivity contribution in [3.63, 3.8) is 0 Å². The Balaban J connectivity index is 1.67. The number of aryl methyl sites for hydroxylation is 1. The average molecular weight is 334 g/mol. The van der Waals surface area contributed by atoms with Gasteiger partial charge in [-0.3, -0.25) is 4.57 Å². The van der Waals surface area contributed by atoms with E-state index in [2.05, 4.69) is 24.4 Å². The van der Waals surface area contributed by atoms with Crippen LogP contribution in [0.25, 0.3) is 0 Å². The molecule has 2 aromatic carbocycles. The lowest BCUT2D eigenvalue weighted by Gasteiger charge is -2.14. The topological polar surface area (TPSA) is 29.1 Å². The summed E-state index contributed by atoms with van der Waals surface area (Å²) in [6.07, 6.45) is 3.16. The molecule has 22 heavy (non-hydrogen) atoms.